The Morgan fingerprint density at radius 1 is 1.22 bits per heavy atom. The van der Waals surface area contributed by atoms with Gasteiger partial charge in [0.25, 0.3) is 0 Å². The second-order valence-electron chi connectivity index (χ2n) is 5.01. The SMILES string of the molecule is CCS(=O)(=O)Nc1ccc(C(C)(C)CCN)cc1. The maximum absolute atomic E-state index is 11.4. The summed E-state index contributed by atoms with van der Waals surface area (Å²) in [5.74, 6) is 0.0768. The zero-order valence-corrected chi connectivity index (χ0v) is 12.0. The highest BCUT2D eigenvalue weighted by Crippen LogP contribution is 2.27. The zero-order chi connectivity index (χ0) is 13.8. The molecular formula is C13H22N2O2S. The summed E-state index contributed by atoms with van der Waals surface area (Å²) in [7, 11) is -3.20. The van der Waals surface area contributed by atoms with Crippen molar-refractivity contribution in [2.24, 2.45) is 5.73 Å². The Labute approximate surface area is 110 Å². The van der Waals surface area contributed by atoms with Crippen molar-refractivity contribution in [2.45, 2.75) is 32.6 Å². The lowest BCUT2D eigenvalue weighted by Crippen LogP contribution is -2.21. The molecule has 0 bridgehead atoms. The van der Waals surface area contributed by atoms with E-state index in [1.165, 1.54) is 0 Å². The second kappa shape index (κ2) is 5.71. The molecule has 1 aromatic carbocycles. The summed E-state index contributed by atoms with van der Waals surface area (Å²) in [6.45, 7) is 6.51. The molecule has 3 N–H and O–H groups in total. The van der Waals surface area contributed by atoms with Crippen LogP contribution in [0.1, 0.15) is 32.8 Å². The number of nitrogens with one attached hydrogen (secondary N) is 1. The molecular weight excluding hydrogens is 248 g/mol. The molecule has 0 atom stereocenters. The maximum atomic E-state index is 11.4. The number of nitrogens with two attached hydrogens (primary N) is 1. The Hall–Kier alpha value is -1.07. The molecule has 0 amide bonds. The normalized spacial score (nSPS) is 12.4. The van der Waals surface area contributed by atoms with E-state index < -0.39 is 10.0 Å². The number of hydrogen-bond acceptors (Lipinski definition) is 3. The fraction of sp³-hybridized carbons (Fsp3) is 0.538. The summed E-state index contributed by atoms with van der Waals surface area (Å²) < 4.78 is 25.4. The molecule has 0 aliphatic carbocycles. The van der Waals surface area contributed by atoms with E-state index in [2.05, 4.69) is 18.6 Å². The number of rotatable bonds is 6. The molecule has 0 aromatic heterocycles. The van der Waals surface area contributed by atoms with Crippen molar-refractivity contribution < 1.29 is 8.42 Å². The van der Waals surface area contributed by atoms with Crippen molar-refractivity contribution in [1.29, 1.82) is 0 Å². The topological polar surface area (TPSA) is 72.2 Å². The van der Waals surface area contributed by atoms with Crippen LogP contribution < -0.4 is 10.5 Å². The van der Waals surface area contributed by atoms with Crippen LogP contribution >= 0.6 is 0 Å². The van der Waals surface area contributed by atoms with Crippen LogP contribution in [0.2, 0.25) is 0 Å². The fourth-order valence-corrected chi connectivity index (χ4v) is 2.39. The Kier molecular flexibility index (Phi) is 4.76. The summed E-state index contributed by atoms with van der Waals surface area (Å²) in [5.41, 5.74) is 7.36. The lowest BCUT2D eigenvalue weighted by molar-refractivity contribution is 0.488. The number of hydrogen-bond donors (Lipinski definition) is 2. The summed E-state index contributed by atoms with van der Waals surface area (Å²) >= 11 is 0. The molecule has 1 aromatic rings. The first-order chi connectivity index (χ1) is 8.30. The van der Waals surface area contributed by atoms with E-state index in [0.717, 1.165) is 12.0 Å². The van der Waals surface area contributed by atoms with Gasteiger partial charge in [-0.15, -0.1) is 0 Å². The smallest absolute Gasteiger partial charge is 0.232 e. The van der Waals surface area contributed by atoms with Gasteiger partial charge in [0.2, 0.25) is 10.0 Å². The third-order valence-electron chi connectivity index (χ3n) is 3.09. The van der Waals surface area contributed by atoms with Crippen molar-refractivity contribution in [1.82, 2.24) is 0 Å². The van der Waals surface area contributed by atoms with Gasteiger partial charge in [0.15, 0.2) is 0 Å². The van der Waals surface area contributed by atoms with Gasteiger partial charge in [-0.25, -0.2) is 8.42 Å². The highest BCUT2D eigenvalue weighted by molar-refractivity contribution is 7.92. The standard InChI is InChI=1S/C13H22N2O2S/c1-4-18(16,17)15-12-7-5-11(6-8-12)13(2,3)9-10-14/h5-8,15H,4,9-10,14H2,1-3H3. The molecule has 0 aliphatic heterocycles. The van der Waals surface area contributed by atoms with E-state index in [-0.39, 0.29) is 11.2 Å². The second-order valence-corrected chi connectivity index (χ2v) is 7.02. The molecule has 0 fully saturated rings. The Morgan fingerprint density at radius 2 is 1.78 bits per heavy atom. The first-order valence-corrected chi connectivity index (χ1v) is 7.77. The third-order valence-corrected chi connectivity index (χ3v) is 4.40. The molecule has 5 heteroatoms. The van der Waals surface area contributed by atoms with Crippen LogP contribution in [0.25, 0.3) is 0 Å². The van der Waals surface area contributed by atoms with Crippen molar-refractivity contribution in [3.05, 3.63) is 29.8 Å². The lowest BCUT2D eigenvalue weighted by Gasteiger charge is -2.24. The van der Waals surface area contributed by atoms with Gasteiger partial charge in [-0.3, -0.25) is 4.72 Å². The van der Waals surface area contributed by atoms with E-state index in [4.69, 9.17) is 5.73 Å². The zero-order valence-electron chi connectivity index (χ0n) is 11.2. The number of benzene rings is 1. The maximum Gasteiger partial charge on any atom is 0.232 e. The van der Waals surface area contributed by atoms with Crippen LogP contribution in [-0.4, -0.2) is 20.7 Å². The van der Waals surface area contributed by atoms with Crippen LogP contribution in [0.15, 0.2) is 24.3 Å². The molecule has 0 spiro atoms. The molecule has 0 saturated heterocycles. The summed E-state index contributed by atoms with van der Waals surface area (Å²) in [6.07, 6.45) is 0.896. The fourth-order valence-electron chi connectivity index (χ4n) is 1.75. The molecule has 102 valence electrons. The number of anilines is 1. The average molecular weight is 270 g/mol. The largest absolute Gasteiger partial charge is 0.330 e. The van der Waals surface area contributed by atoms with E-state index in [1.807, 2.05) is 12.1 Å². The average Bonchev–Trinajstić information content (AvgIpc) is 2.29. The molecule has 0 aliphatic rings. The minimum Gasteiger partial charge on any atom is -0.330 e. The van der Waals surface area contributed by atoms with Gasteiger partial charge >= 0.3 is 0 Å². The van der Waals surface area contributed by atoms with Gasteiger partial charge in [-0.05, 0) is 43.0 Å². The van der Waals surface area contributed by atoms with Crippen LogP contribution in [0.3, 0.4) is 0 Å². The molecule has 4 nitrogen and oxygen atoms in total. The van der Waals surface area contributed by atoms with Gasteiger partial charge in [0, 0.05) is 5.69 Å². The van der Waals surface area contributed by atoms with Crippen LogP contribution in [-0.2, 0) is 15.4 Å². The highest BCUT2D eigenvalue weighted by atomic mass is 32.2. The predicted octanol–water partition coefficient (Wildman–Crippen LogP) is 2.07. The van der Waals surface area contributed by atoms with E-state index in [9.17, 15) is 8.42 Å². The third kappa shape index (κ3) is 3.99. The van der Waals surface area contributed by atoms with Crippen LogP contribution in [0.5, 0.6) is 0 Å². The Morgan fingerprint density at radius 3 is 2.22 bits per heavy atom. The van der Waals surface area contributed by atoms with Gasteiger partial charge in [0.1, 0.15) is 0 Å². The van der Waals surface area contributed by atoms with Gasteiger partial charge in [0.05, 0.1) is 5.75 Å². The van der Waals surface area contributed by atoms with Crippen LogP contribution in [0.4, 0.5) is 5.69 Å². The molecule has 0 saturated carbocycles. The Balaban J connectivity index is 2.87. The summed E-state index contributed by atoms with van der Waals surface area (Å²) in [6, 6.07) is 7.48. The minimum atomic E-state index is -3.20. The molecule has 0 radical (unpaired) electrons. The van der Waals surface area contributed by atoms with Crippen molar-refractivity contribution in [3.63, 3.8) is 0 Å². The lowest BCUT2D eigenvalue weighted by atomic mass is 9.81. The van der Waals surface area contributed by atoms with Crippen LogP contribution in [0, 0.1) is 0 Å². The van der Waals surface area contributed by atoms with E-state index >= 15 is 0 Å². The minimum absolute atomic E-state index is 0.0108. The first-order valence-electron chi connectivity index (χ1n) is 6.12. The van der Waals surface area contributed by atoms with Crippen molar-refractivity contribution >= 4 is 15.7 Å². The summed E-state index contributed by atoms with van der Waals surface area (Å²) in [5, 5.41) is 0. The molecule has 1 rings (SSSR count). The van der Waals surface area contributed by atoms with Gasteiger partial charge in [-0.1, -0.05) is 26.0 Å². The predicted molar refractivity (Wildman–Crippen MR) is 76.2 cm³/mol. The van der Waals surface area contributed by atoms with Gasteiger partial charge < -0.3 is 5.73 Å². The summed E-state index contributed by atoms with van der Waals surface area (Å²) in [4.78, 5) is 0. The number of sulfonamides is 1. The first kappa shape index (κ1) is 15.0. The monoisotopic (exact) mass is 270 g/mol. The van der Waals surface area contributed by atoms with E-state index in [1.54, 1.807) is 19.1 Å². The van der Waals surface area contributed by atoms with Gasteiger partial charge in [-0.2, -0.15) is 0 Å². The molecule has 0 heterocycles. The molecule has 18 heavy (non-hydrogen) atoms. The van der Waals surface area contributed by atoms with Crippen molar-refractivity contribution in [2.75, 3.05) is 17.0 Å². The van der Waals surface area contributed by atoms with E-state index in [0.29, 0.717) is 12.2 Å². The quantitative estimate of drug-likeness (QED) is 0.831. The molecule has 0 unspecified atom stereocenters. The highest BCUT2D eigenvalue weighted by Gasteiger charge is 2.19. The Bertz CT molecular complexity index is 478. The van der Waals surface area contributed by atoms with Crippen molar-refractivity contribution in [3.8, 4) is 0 Å².